The van der Waals surface area contributed by atoms with Crippen LogP contribution in [0.2, 0.25) is 0 Å². The van der Waals surface area contributed by atoms with Crippen molar-refractivity contribution in [2.75, 3.05) is 5.73 Å². The first-order valence-corrected chi connectivity index (χ1v) is 5.48. The van der Waals surface area contributed by atoms with Crippen LogP contribution < -0.4 is 5.73 Å². The predicted molar refractivity (Wildman–Crippen MR) is 58.2 cm³/mol. The van der Waals surface area contributed by atoms with Crippen LogP contribution in [0.1, 0.15) is 44.8 Å². The van der Waals surface area contributed by atoms with Gasteiger partial charge in [-0.25, -0.2) is 4.98 Å². The van der Waals surface area contributed by atoms with Gasteiger partial charge < -0.3 is 10.3 Å². The summed E-state index contributed by atoms with van der Waals surface area (Å²) in [6, 6.07) is 0.515. The fraction of sp³-hybridized carbons (Fsp3) is 0.727. The van der Waals surface area contributed by atoms with Gasteiger partial charge in [0.25, 0.3) is 0 Å². The predicted octanol–water partition coefficient (Wildman–Crippen LogP) is 2.17. The smallest absolute Gasteiger partial charge is 0.127 e. The van der Waals surface area contributed by atoms with E-state index in [-0.39, 0.29) is 0 Å². The van der Waals surface area contributed by atoms with Gasteiger partial charge in [0.05, 0.1) is 5.69 Å². The third-order valence-corrected chi connectivity index (χ3v) is 3.15. The molecule has 2 N–H and O–H groups in total. The number of hydrogen-bond donors (Lipinski definition) is 1. The van der Waals surface area contributed by atoms with E-state index in [1.807, 2.05) is 0 Å². The Morgan fingerprint density at radius 2 is 2.21 bits per heavy atom. The molecule has 0 saturated heterocycles. The molecular formula is C11H19N3. The van der Waals surface area contributed by atoms with Gasteiger partial charge in [0.1, 0.15) is 11.6 Å². The van der Waals surface area contributed by atoms with Gasteiger partial charge in [-0.15, -0.1) is 0 Å². The summed E-state index contributed by atoms with van der Waals surface area (Å²) in [5.41, 5.74) is 7.14. The van der Waals surface area contributed by atoms with Gasteiger partial charge in [0, 0.05) is 12.5 Å². The van der Waals surface area contributed by atoms with Crippen molar-refractivity contribution in [3.8, 4) is 0 Å². The first-order valence-electron chi connectivity index (χ1n) is 5.48. The summed E-state index contributed by atoms with van der Waals surface area (Å²) in [4.78, 5) is 4.61. The average Bonchev–Trinajstić information content (AvgIpc) is 2.42. The Hall–Kier alpha value is -0.990. The Morgan fingerprint density at radius 3 is 2.86 bits per heavy atom. The monoisotopic (exact) mass is 193 g/mol. The number of imidazole rings is 1. The fourth-order valence-corrected chi connectivity index (χ4v) is 2.52. The summed E-state index contributed by atoms with van der Waals surface area (Å²) in [6.45, 7) is 6.63. The molecule has 3 nitrogen and oxygen atoms in total. The van der Waals surface area contributed by atoms with Crippen molar-refractivity contribution in [3.63, 3.8) is 0 Å². The summed E-state index contributed by atoms with van der Waals surface area (Å²) in [5.74, 6) is 2.82. The van der Waals surface area contributed by atoms with Gasteiger partial charge >= 0.3 is 0 Å². The zero-order valence-corrected chi connectivity index (χ0v) is 9.25. The molecular weight excluding hydrogens is 174 g/mol. The number of fused-ring (bicyclic) bond motifs is 1. The number of anilines is 1. The van der Waals surface area contributed by atoms with Crippen molar-refractivity contribution in [2.24, 2.45) is 5.92 Å². The third kappa shape index (κ3) is 1.31. The lowest BCUT2D eigenvalue weighted by atomic mass is 9.95. The van der Waals surface area contributed by atoms with Gasteiger partial charge in [0.2, 0.25) is 0 Å². The minimum absolute atomic E-state index is 0.515. The summed E-state index contributed by atoms with van der Waals surface area (Å²) < 4.78 is 2.22. The van der Waals surface area contributed by atoms with Crippen molar-refractivity contribution in [2.45, 2.75) is 46.1 Å². The van der Waals surface area contributed by atoms with Crippen LogP contribution in [0.15, 0.2) is 0 Å². The van der Waals surface area contributed by atoms with Gasteiger partial charge in [0.15, 0.2) is 0 Å². The Bertz CT molecular complexity index is 341. The average molecular weight is 193 g/mol. The molecule has 0 aliphatic carbocycles. The highest BCUT2D eigenvalue weighted by atomic mass is 15.2. The summed E-state index contributed by atoms with van der Waals surface area (Å²) >= 11 is 0. The number of hydrogen-bond acceptors (Lipinski definition) is 2. The maximum Gasteiger partial charge on any atom is 0.127 e. The van der Waals surface area contributed by atoms with E-state index in [9.17, 15) is 0 Å². The van der Waals surface area contributed by atoms with E-state index in [1.165, 1.54) is 12.2 Å². The molecule has 2 rings (SSSR count). The maximum absolute atomic E-state index is 6.07. The molecule has 0 amide bonds. The Morgan fingerprint density at radius 1 is 1.50 bits per heavy atom. The molecule has 1 aromatic heterocycles. The summed E-state index contributed by atoms with van der Waals surface area (Å²) in [7, 11) is 0. The molecule has 0 bridgehead atoms. The topological polar surface area (TPSA) is 43.8 Å². The largest absolute Gasteiger partial charge is 0.384 e. The van der Waals surface area contributed by atoms with Crippen LogP contribution in [-0.4, -0.2) is 9.55 Å². The van der Waals surface area contributed by atoms with Crippen LogP contribution >= 0.6 is 0 Å². The number of nitrogen functional groups attached to an aromatic ring is 1. The van der Waals surface area contributed by atoms with Gasteiger partial charge in [-0.3, -0.25) is 0 Å². The van der Waals surface area contributed by atoms with Crippen molar-refractivity contribution >= 4 is 5.82 Å². The molecule has 0 fully saturated rings. The normalized spacial score (nSPS) is 26.2. The van der Waals surface area contributed by atoms with Crippen LogP contribution in [0.4, 0.5) is 5.82 Å². The number of aromatic nitrogens is 2. The fourth-order valence-electron chi connectivity index (χ4n) is 2.52. The van der Waals surface area contributed by atoms with Crippen LogP contribution in [-0.2, 0) is 12.8 Å². The first-order chi connectivity index (χ1) is 6.63. The zero-order valence-electron chi connectivity index (χ0n) is 9.25. The summed E-state index contributed by atoms with van der Waals surface area (Å²) in [5, 5.41) is 0. The minimum Gasteiger partial charge on any atom is -0.384 e. The molecule has 3 heteroatoms. The molecule has 14 heavy (non-hydrogen) atoms. The van der Waals surface area contributed by atoms with Crippen LogP contribution in [0.3, 0.4) is 0 Å². The van der Waals surface area contributed by atoms with E-state index in [4.69, 9.17) is 5.73 Å². The van der Waals surface area contributed by atoms with E-state index in [2.05, 4.69) is 30.3 Å². The Labute approximate surface area is 85.3 Å². The molecule has 0 spiro atoms. The van der Waals surface area contributed by atoms with Crippen molar-refractivity contribution in [3.05, 3.63) is 11.5 Å². The maximum atomic E-state index is 6.07. The van der Waals surface area contributed by atoms with E-state index >= 15 is 0 Å². The minimum atomic E-state index is 0.515. The highest BCUT2D eigenvalue weighted by Gasteiger charge is 2.25. The second kappa shape index (κ2) is 3.30. The Balaban J connectivity index is 2.46. The lowest BCUT2D eigenvalue weighted by Gasteiger charge is -2.27. The number of aryl methyl sites for hydroxylation is 1. The number of rotatable bonds is 1. The van der Waals surface area contributed by atoms with E-state index < -0.39 is 0 Å². The Kier molecular flexibility index (Phi) is 2.25. The van der Waals surface area contributed by atoms with Crippen LogP contribution in [0, 0.1) is 5.92 Å². The van der Waals surface area contributed by atoms with E-state index in [0.717, 1.165) is 30.3 Å². The molecule has 0 radical (unpaired) electrons. The van der Waals surface area contributed by atoms with Gasteiger partial charge in [-0.2, -0.15) is 0 Å². The van der Waals surface area contributed by atoms with Gasteiger partial charge in [-0.05, 0) is 25.7 Å². The SMILES string of the molecule is CCc1nc2n(c1N)C(C)CC(C)C2. The molecule has 1 aliphatic heterocycles. The van der Waals surface area contributed by atoms with Gasteiger partial charge in [-0.1, -0.05) is 13.8 Å². The lowest BCUT2D eigenvalue weighted by molar-refractivity contribution is 0.346. The molecule has 1 aromatic rings. The van der Waals surface area contributed by atoms with Crippen molar-refractivity contribution < 1.29 is 0 Å². The third-order valence-electron chi connectivity index (χ3n) is 3.15. The molecule has 1 aliphatic rings. The molecule has 0 saturated carbocycles. The number of nitrogens with zero attached hydrogens (tertiary/aromatic N) is 2. The van der Waals surface area contributed by atoms with Crippen LogP contribution in [0.5, 0.6) is 0 Å². The first kappa shape index (κ1) is 9.56. The quantitative estimate of drug-likeness (QED) is 0.742. The zero-order chi connectivity index (χ0) is 10.3. The van der Waals surface area contributed by atoms with Crippen molar-refractivity contribution in [1.29, 1.82) is 0 Å². The molecule has 2 unspecified atom stereocenters. The molecule has 0 aromatic carbocycles. The van der Waals surface area contributed by atoms with Crippen LogP contribution in [0.25, 0.3) is 0 Å². The summed E-state index contributed by atoms with van der Waals surface area (Å²) in [6.07, 6.45) is 3.23. The molecule has 78 valence electrons. The highest BCUT2D eigenvalue weighted by molar-refractivity contribution is 5.39. The highest BCUT2D eigenvalue weighted by Crippen LogP contribution is 2.32. The second-order valence-corrected chi connectivity index (χ2v) is 4.48. The van der Waals surface area contributed by atoms with E-state index in [0.29, 0.717) is 6.04 Å². The molecule has 2 heterocycles. The second-order valence-electron chi connectivity index (χ2n) is 4.48. The lowest BCUT2D eigenvalue weighted by Crippen LogP contribution is -2.22. The number of nitrogens with two attached hydrogens (primary N) is 1. The van der Waals surface area contributed by atoms with E-state index in [1.54, 1.807) is 0 Å². The standard InChI is InChI=1S/C11H19N3/c1-4-9-11(12)14-8(3)5-7(2)6-10(14)13-9/h7-8H,4-6,12H2,1-3H3. The van der Waals surface area contributed by atoms with Crippen molar-refractivity contribution in [1.82, 2.24) is 9.55 Å². The molecule has 2 atom stereocenters.